The number of benzene rings is 2. The molecule has 0 bridgehead atoms. The fraction of sp³-hybridized carbons (Fsp3) is 0.133. The molecule has 98 valence electrons. The number of hydrogen-bond acceptors (Lipinski definition) is 1. The molecule has 2 rings (SSSR count). The minimum atomic E-state index is -0.555. The highest BCUT2D eigenvalue weighted by molar-refractivity contribution is 6.02. The molecule has 0 fully saturated rings. The van der Waals surface area contributed by atoms with Crippen molar-refractivity contribution in [1.82, 2.24) is 0 Å². The predicted octanol–water partition coefficient (Wildman–Crippen LogP) is 3.92. The minimum absolute atomic E-state index is 0.121. The molecule has 2 aromatic carbocycles. The maximum Gasteiger partial charge on any atom is 0.197 e. The molecule has 0 aromatic heterocycles. The van der Waals surface area contributed by atoms with E-state index in [9.17, 15) is 4.39 Å². The molecule has 0 atom stereocenters. The molecule has 0 spiro atoms. The van der Waals surface area contributed by atoms with Gasteiger partial charge in [-0.3, -0.25) is 5.41 Å². The summed E-state index contributed by atoms with van der Waals surface area (Å²) in [4.78, 5) is 0. The maximum atomic E-state index is 12.8. The summed E-state index contributed by atoms with van der Waals surface area (Å²) in [5.41, 5.74) is 3.06. The molecule has 3 N–H and O–H groups in total. The van der Waals surface area contributed by atoms with E-state index in [4.69, 9.17) is 5.41 Å². The molecule has 19 heavy (non-hydrogen) atoms. The smallest absolute Gasteiger partial charge is 0.197 e. The molecule has 0 aliphatic carbocycles. The Morgan fingerprint density at radius 1 is 1.00 bits per heavy atom. The van der Waals surface area contributed by atoms with E-state index in [-0.39, 0.29) is 5.96 Å². The van der Waals surface area contributed by atoms with Crippen molar-refractivity contribution in [3.63, 3.8) is 0 Å². The lowest BCUT2D eigenvalue weighted by molar-refractivity contribution is 0.486. The number of rotatable bonds is 3. The molecular weight excluding hydrogens is 241 g/mol. The van der Waals surface area contributed by atoms with Gasteiger partial charge < -0.3 is 10.6 Å². The molecule has 0 unspecified atom stereocenters. The summed E-state index contributed by atoms with van der Waals surface area (Å²) in [6.07, 6.45) is 0. The van der Waals surface area contributed by atoms with Gasteiger partial charge in [-0.1, -0.05) is 36.4 Å². The Hall–Kier alpha value is -2.36. The lowest BCUT2D eigenvalue weighted by atomic mass is 10.2. The quantitative estimate of drug-likeness (QED) is 0.576. The Morgan fingerprint density at radius 2 is 1.58 bits per heavy atom. The normalized spacial score (nSPS) is 10.0. The third-order valence-electron chi connectivity index (χ3n) is 2.83. The van der Waals surface area contributed by atoms with Crippen LogP contribution in [0.4, 0.5) is 15.8 Å². The minimum Gasteiger partial charge on any atom is -0.326 e. The summed E-state index contributed by atoms with van der Waals surface area (Å²) in [5, 5.41) is 13.7. The second-order valence-electron chi connectivity index (χ2n) is 4.23. The van der Waals surface area contributed by atoms with E-state index < -0.39 is 6.67 Å². The SMILES string of the molecule is Cc1ccccc1NC(=N)Nc1ccccc1CF. The van der Waals surface area contributed by atoms with Crippen molar-refractivity contribution in [2.45, 2.75) is 13.6 Å². The van der Waals surface area contributed by atoms with E-state index >= 15 is 0 Å². The average molecular weight is 257 g/mol. The fourth-order valence-corrected chi connectivity index (χ4v) is 1.77. The van der Waals surface area contributed by atoms with Crippen molar-refractivity contribution in [2.75, 3.05) is 10.6 Å². The largest absolute Gasteiger partial charge is 0.326 e. The van der Waals surface area contributed by atoms with Crippen LogP contribution in [0.2, 0.25) is 0 Å². The molecule has 0 heterocycles. The lowest BCUT2D eigenvalue weighted by Gasteiger charge is -2.14. The number of para-hydroxylation sites is 2. The highest BCUT2D eigenvalue weighted by atomic mass is 19.1. The van der Waals surface area contributed by atoms with Crippen molar-refractivity contribution < 1.29 is 4.39 Å². The zero-order chi connectivity index (χ0) is 13.7. The van der Waals surface area contributed by atoms with E-state index in [1.165, 1.54) is 0 Å². The summed E-state index contributed by atoms with van der Waals surface area (Å²) < 4.78 is 12.8. The average Bonchev–Trinajstić information content (AvgIpc) is 2.42. The molecule has 3 nitrogen and oxygen atoms in total. The first-order chi connectivity index (χ1) is 9.20. The number of guanidine groups is 1. The van der Waals surface area contributed by atoms with Crippen molar-refractivity contribution in [3.05, 3.63) is 59.7 Å². The highest BCUT2D eigenvalue weighted by Gasteiger charge is 2.04. The molecule has 0 aliphatic rings. The van der Waals surface area contributed by atoms with Crippen LogP contribution in [0.3, 0.4) is 0 Å². The third-order valence-corrected chi connectivity index (χ3v) is 2.83. The zero-order valence-electron chi connectivity index (χ0n) is 10.7. The standard InChI is InChI=1S/C15H16FN3/c1-11-6-2-4-8-13(11)18-15(17)19-14-9-5-3-7-12(14)10-16/h2-9H,10H2,1H3,(H3,17,18,19). The zero-order valence-corrected chi connectivity index (χ0v) is 10.7. The van der Waals surface area contributed by atoms with Gasteiger partial charge in [-0.2, -0.15) is 0 Å². The molecular formula is C15H16FN3. The van der Waals surface area contributed by atoms with E-state index in [1.54, 1.807) is 18.2 Å². The van der Waals surface area contributed by atoms with Gasteiger partial charge in [0.2, 0.25) is 0 Å². The van der Waals surface area contributed by atoms with Gasteiger partial charge in [0.1, 0.15) is 6.67 Å². The van der Waals surface area contributed by atoms with Crippen molar-refractivity contribution in [1.29, 1.82) is 5.41 Å². The summed E-state index contributed by atoms with van der Waals surface area (Å²) in [5.74, 6) is 0.121. The Morgan fingerprint density at radius 3 is 2.26 bits per heavy atom. The molecule has 2 aromatic rings. The topological polar surface area (TPSA) is 47.9 Å². The maximum absolute atomic E-state index is 12.8. The van der Waals surface area contributed by atoms with Gasteiger partial charge >= 0.3 is 0 Å². The molecule has 0 radical (unpaired) electrons. The first-order valence-corrected chi connectivity index (χ1v) is 6.03. The van der Waals surface area contributed by atoms with Gasteiger partial charge in [0.05, 0.1) is 0 Å². The first kappa shape index (κ1) is 13.1. The van der Waals surface area contributed by atoms with Crippen LogP contribution in [0.25, 0.3) is 0 Å². The van der Waals surface area contributed by atoms with E-state index in [1.807, 2.05) is 37.3 Å². The number of alkyl halides is 1. The van der Waals surface area contributed by atoms with Gasteiger partial charge in [-0.25, -0.2) is 4.39 Å². The van der Waals surface area contributed by atoms with Crippen LogP contribution < -0.4 is 10.6 Å². The highest BCUT2D eigenvalue weighted by Crippen LogP contribution is 2.17. The Kier molecular flexibility index (Phi) is 4.13. The summed E-state index contributed by atoms with van der Waals surface area (Å²) in [6.45, 7) is 1.41. The number of halogens is 1. The van der Waals surface area contributed by atoms with E-state index in [0.717, 1.165) is 11.3 Å². The van der Waals surface area contributed by atoms with Gasteiger partial charge in [-0.15, -0.1) is 0 Å². The van der Waals surface area contributed by atoms with Crippen LogP contribution in [0.15, 0.2) is 48.5 Å². The number of hydrogen-bond donors (Lipinski definition) is 3. The van der Waals surface area contributed by atoms with E-state index in [0.29, 0.717) is 11.3 Å². The second kappa shape index (κ2) is 6.00. The number of aryl methyl sites for hydroxylation is 1. The molecule has 0 amide bonds. The third kappa shape index (κ3) is 3.31. The molecule has 0 aliphatic heterocycles. The molecule has 0 saturated carbocycles. The van der Waals surface area contributed by atoms with Crippen LogP contribution in [-0.4, -0.2) is 5.96 Å². The number of anilines is 2. The van der Waals surface area contributed by atoms with Crippen molar-refractivity contribution in [2.24, 2.45) is 0 Å². The van der Waals surface area contributed by atoms with Gasteiger partial charge in [0, 0.05) is 16.9 Å². The summed E-state index contributed by atoms with van der Waals surface area (Å²) >= 11 is 0. The number of nitrogens with one attached hydrogen (secondary N) is 3. The van der Waals surface area contributed by atoms with Gasteiger partial charge in [0.25, 0.3) is 0 Å². The van der Waals surface area contributed by atoms with Crippen LogP contribution in [0, 0.1) is 12.3 Å². The van der Waals surface area contributed by atoms with Crippen molar-refractivity contribution in [3.8, 4) is 0 Å². The summed E-state index contributed by atoms with van der Waals surface area (Å²) in [6, 6.07) is 14.7. The first-order valence-electron chi connectivity index (χ1n) is 6.03. The second-order valence-corrected chi connectivity index (χ2v) is 4.23. The Bertz CT molecular complexity index is 581. The van der Waals surface area contributed by atoms with Crippen LogP contribution in [0.5, 0.6) is 0 Å². The van der Waals surface area contributed by atoms with Crippen LogP contribution >= 0.6 is 0 Å². The monoisotopic (exact) mass is 257 g/mol. The van der Waals surface area contributed by atoms with E-state index in [2.05, 4.69) is 10.6 Å². The predicted molar refractivity (Wildman–Crippen MR) is 77.4 cm³/mol. The fourth-order valence-electron chi connectivity index (χ4n) is 1.77. The molecule has 0 saturated heterocycles. The Balaban J connectivity index is 2.08. The Labute approximate surface area is 112 Å². The van der Waals surface area contributed by atoms with Gasteiger partial charge in [-0.05, 0) is 24.6 Å². The van der Waals surface area contributed by atoms with Crippen LogP contribution in [0.1, 0.15) is 11.1 Å². The summed E-state index contributed by atoms with van der Waals surface area (Å²) in [7, 11) is 0. The molecule has 4 heteroatoms. The van der Waals surface area contributed by atoms with Crippen molar-refractivity contribution >= 4 is 17.3 Å². The van der Waals surface area contributed by atoms with Crippen LogP contribution in [-0.2, 0) is 6.67 Å². The van der Waals surface area contributed by atoms with Gasteiger partial charge in [0.15, 0.2) is 5.96 Å². The lowest BCUT2D eigenvalue weighted by Crippen LogP contribution is -2.21.